The minimum absolute atomic E-state index is 0.772. The van der Waals surface area contributed by atoms with Crippen molar-refractivity contribution < 1.29 is 0 Å². The summed E-state index contributed by atoms with van der Waals surface area (Å²) in [5.74, 6) is 0.857. The van der Waals surface area contributed by atoms with Crippen molar-refractivity contribution in [2.24, 2.45) is 0 Å². The number of pyridine rings is 1. The summed E-state index contributed by atoms with van der Waals surface area (Å²) in [5, 5.41) is 7.39. The Kier molecular flexibility index (Phi) is 2.78. The SMILES string of the molecule is CNCc1cccc(-n2ccc(C)n2)n1. The summed E-state index contributed by atoms with van der Waals surface area (Å²) in [5.41, 5.74) is 2.01. The Labute approximate surface area is 89.0 Å². The van der Waals surface area contributed by atoms with Crippen molar-refractivity contribution in [2.45, 2.75) is 13.5 Å². The number of aromatic nitrogens is 3. The largest absolute Gasteiger partial charge is 0.314 e. The van der Waals surface area contributed by atoms with E-state index in [0.717, 1.165) is 23.8 Å². The quantitative estimate of drug-likeness (QED) is 0.815. The Balaban J connectivity index is 2.32. The first-order valence-electron chi connectivity index (χ1n) is 4.93. The fourth-order valence-corrected chi connectivity index (χ4v) is 1.42. The van der Waals surface area contributed by atoms with Crippen molar-refractivity contribution in [3.05, 3.63) is 41.9 Å². The first-order valence-corrected chi connectivity index (χ1v) is 4.93. The molecule has 0 aliphatic heterocycles. The predicted octanol–water partition coefficient (Wildman–Crippen LogP) is 1.30. The molecular formula is C11H14N4. The van der Waals surface area contributed by atoms with E-state index in [9.17, 15) is 0 Å². The van der Waals surface area contributed by atoms with E-state index in [4.69, 9.17) is 0 Å². The van der Waals surface area contributed by atoms with E-state index in [0.29, 0.717) is 0 Å². The summed E-state index contributed by atoms with van der Waals surface area (Å²) in [6.45, 7) is 2.74. The van der Waals surface area contributed by atoms with Crippen molar-refractivity contribution in [2.75, 3.05) is 7.05 Å². The maximum Gasteiger partial charge on any atom is 0.153 e. The van der Waals surface area contributed by atoms with Gasteiger partial charge in [0, 0.05) is 12.7 Å². The molecule has 2 heterocycles. The second kappa shape index (κ2) is 4.23. The molecule has 0 radical (unpaired) electrons. The zero-order valence-electron chi connectivity index (χ0n) is 8.94. The van der Waals surface area contributed by atoms with Crippen molar-refractivity contribution >= 4 is 0 Å². The number of hydrogen-bond donors (Lipinski definition) is 1. The van der Waals surface area contributed by atoms with Gasteiger partial charge in [0.15, 0.2) is 5.82 Å². The monoisotopic (exact) mass is 202 g/mol. The van der Waals surface area contributed by atoms with Crippen LogP contribution in [0.3, 0.4) is 0 Å². The molecule has 0 atom stereocenters. The average Bonchev–Trinajstić information content (AvgIpc) is 2.66. The van der Waals surface area contributed by atoms with Crippen LogP contribution < -0.4 is 5.32 Å². The molecule has 15 heavy (non-hydrogen) atoms. The molecule has 4 nitrogen and oxygen atoms in total. The lowest BCUT2D eigenvalue weighted by Crippen LogP contribution is -2.08. The molecule has 0 unspecified atom stereocenters. The second-order valence-corrected chi connectivity index (χ2v) is 3.42. The van der Waals surface area contributed by atoms with Crippen molar-refractivity contribution in [3.8, 4) is 5.82 Å². The van der Waals surface area contributed by atoms with Gasteiger partial charge in [-0.25, -0.2) is 9.67 Å². The van der Waals surface area contributed by atoms with Gasteiger partial charge in [0.1, 0.15) is 0 Å². The number of rotatable bonds is 3. The summed E-state index contributed by atoms with van der Waals surface area (Å²) < 4.78 is 1.79. The zero-order chi connectivity index (χ0) is 10.7. The van der Waals surface area contributed by atoms with Crippen molar-refractivity contribution in [3.63, 3.8) is 0 Å². The van der Waals surface area contributed by atoms with E-state index in [1.807, 2.05) is 44.4 Å². The number of nitrogens with zero attached hydrogens (tertiary/aromatic N) is 3. The molecule has 0 aromatic carbocycles. The van der Waals surface area contributed by atoms with Gasteiger partial charge in [-0.2, -0.15) is 5.10 Å². The Morgan fingerprint density at radius 3 is 2.87 bits per heavy atom. The Bertz CT molecular complexity index is 447. The highest BCUT2D eigenvalue weighted by Gasteiger charge is 2.00. The maximum absolute atomic E-state index is 4.48. The van der Waals surface area contributed by atoms with E-state index < -0.39 is 0 Å². The minimum Gasteiger partial charge on any atom is -0.314 e. The van der Waals surface area contributed by atoms with E-state index in [-0.39, 0.29) is 0 Å². The maximum atomic E-state index is 4.48. The molecule has 2 rings (SSSR count). The van der Waals surface area contributed by atoms with Gasteiger partial charge in [-0.1, -0.05) is 6.07 Å². The topological polar surface area (TPSA) is 42.7 Å². The number of aryl methyl sites for hydroxylation is 1. The van der Waals surface area contributed by atoms with Gasteiger partial charge in [-0.3, -0.25) is 0 Å². The molecule has 0 amide bonds. The zero-order valence-corrected chi connectivity index (χ0v) is 8.94. The molecular weight excluding hydrogens is 188 g/mol. The van der Waals surface area contributed by atoms with Gasteiger partial charge in [0.25, 0.3) is 0 Å². The molecule has 0 fully saturated rings. The van der Waals surface area contributed by atoms with E-state index >= 15 is 0 Å². The molecule has 0 aliphatic carbocycles. The lowest BCUT2D eigenvalue weighted by atomic mass is 10.3. The van der Waals surface area contributed by atoms with Gasteiger partial charge in [-0.15, -0.1) is 0 Å². The molecule has 0 saturated heterocycles. The highest BCUT2D eigenvalue weighted by molar-refractivity contribution is 5.24. The van der Waals surface area contributed by atoms with E-state index in [1.165, 1.54) is 0 Å². The van der Waals surface area contributed by atoms with E-state index in [1.54, 1.807) is 4.68 Å². The Morgan fingerprint density at radius 2 is 2.20 bits per heavy atom. The molecule has 4 heteroatoms. The number of nitrogens with one attached hydrogen (secondary N) is 1. The van der Waals surface area contributed by atoms with Crippen molar-refractivity contribution in [1.82, 2.24) is 20.1 Å². The second-order valence-electron chi connectivity index (χ2n) is 3.42. The summed E-state index contributed by atoms with van der Waals surface area (Å²) in [6, 6.07) is 7.90. The van der Waals surface area contributed by atoms with Gasteiger partial charge >= 0.3 is 0 Å². The third-order valence-corrected chi connectivity index (χ3v) is 2.11. The van der Waals surface area contributed by atoms with Gasteiger partial charge in [0.2, 0.25) is 0 Å². The van der Waals surface area contributed by atoms with Crippen molar-refractivity contribution in [1.29, 1.82) is 0 Å². The first-order chi connectivity index (χ1) is 7.29. The minimum atomic E-state index is 0.772. The molecule has 0 aliphatic rings. The smallest absolute Gasteiger partial charge is 0.153 e. The van der Waals surface area contributed by atoms with Crippen LogP contribution in [0.15, 0.2) is 30.5 Å². The highest BCUT2D eigenvalue weighted by atomic mass is 15.3. The molecule has 0 saturated carbocycles. The summed E-state index contributed by atoms with van der Waals surface area (Å²) in [6.07, 6.45) is 1.92. The van der Waals surface area contributed by atoms with Gasteiger partial charge in [0.05, 0.1) is 11.4 Å². The summed E-state index contributed by atoms with van der Waals surface area (Å²) >= 11 is 0. The van der Waals surface area contributed by atoms with Crippen LogP contribution in [0.25, 0.3) is 5.82 Å². The first kappa shape index (κ1) is 9.86. The highest BCUT2D eigenvalue weighted by Crippen LogP contribution is 2.05. The van der Waals surface area contributed by atoms with Crippen LogP contribution in [0.4, 0.5) is 0 Å². The normalized spacial score (nSPS) is 10.5. The average molecular weight is 202 g/mol. The van der Waals surface area contributed by atoms with Crippen LogP contribution in [0.1, 0.15) is 11.4 Å². The molecule has 78 valence electrons. The van der Waals surface area contributed by atoms with Crippen LogP contribution in [0.5, 0.6) is 0 Å². The molecule has 2 aromatic rings. The fourth-order valence-electron chi connectivity index (χ4n) is 1.42. The van der Waals surface area contributed by atoms with Crippen LogP contribution in [0, 0.1) is 6.92 Å². The van der Waals surface area contributed by atoms with Crippen LogP contribution in [-0.2, 0) is 6.54 Å². The third kappa shape index (κ3) is 2.22. The van der Waals surface area contributed by atoms with E-state index in [2.05, 4.69) is 15.4 Å². The summed E-state index contributed by atoms with van der Waals surface area (Å²) in [4.78, 5) is 4.48. The standard InChI is InChI=1S/C11H14N4/c1-9-6-7-15(14-9)11-5-3-4-10(13-11)8-12-2/h3-7,12H,8H2,1-2H3. The van der Waals surface area contributed by atoms with Crippen LogP contribution in [0.2, 0.25) is 0 Å². The Morgan fingerprint density at radius 1 is 1.33 bits per heavy atom. The van der Waals surface area contributed by atoms with Gasteiger partial charge < -0.3 is 5.32 Å². The van der Waals surface area contributed by atoms with Gasteiger partial charge in [-0.05, 0) is 32.2 Å². The molecule has 0 bridgehead atoms. The molecule has 2 aromatic heterocycles. The lowest BCUT2D eigenvalue weighted by molar-refractivity contribution is 0.767. The van der Waals surface area contributed by atoms with Crippen LogP contribution in [-0.4, -0.2) is 21.8 Å². The number of hydrogen-bond acceptors (Lipinski definition) is 3. The third-order valence-electron chi connectivity index (χ3n) is 2.11. The predicted molar refractivity (Wildman–Crippen MR) is 58.9 cm³/mol. The summed E-state index contributed by atoms with van der Waals surface area (Å²) in [7, 11) is 1.91. The lowest BCUT2D eigenvalue weighted by Gasteiger charge is -2.03. The fraction of sp³-hybridized carbons (Fsp3) is 0.273. The molecule has 1 N–H and O–H groups in total. The molecule has 0 spiro atoms. The van der Waals surface area contributed by atoms with Crippen LogP contribution >= 0.6 is 0 Å². The Hall–Kier alpha value is -1.68.